The third kappa shape index (κ3) is 4.22. The van der Waals surface area contributed by atoms with Crippen molar-refractivity contribution < 1.29 is 9.18 Å². The number of nitrogens with zero attached hydrogens (tertiary/aromatic N) is 1. The van der Waals surface area contributed by atoms with Crippen molar-refractivity contribution in [3.63, 3.8) is 0 Å². The van der Waals surface area contributed by atoms with E-state index in [0.717, 1.165) is 57.4 Å². The minimum absolute atomic E-state index is 0.112. The van der Waals surface area contributed by atoms with E-state index in [-0.39, 0.29) is 11.7 Å². The number of hydrogen-bond acceptors (Lipinski definition) is 2. The van der Waals surface area contributed by atoms with Gasteiger partial charge in [-0.1, -0.05) is 42.5 Å². The van der Waals surface area contributed by atoms with Gasteiger partial charge in [0.05, 0.1) is 5.41 Å². The first-order valence-electron chi connectivity index (χ1n) is 9.96. The molecular weight excluding hydrogens is 339 g/mol. The Balaban J connectivity index is 1.24. The Morgan fingerprint density at radius 1 is 1.04 bits per heavy atom. The predicted octanol–water partition coefficient (Wildman–Crippen LogP) is 3.89. The third-order valence-electron chi connectivity index (χ3n) is 6.09. The molecule has 3 nitrogen and oxygen atoms in total. The van der Waals surface area contributed by atoms with E-state index >= 15 is 0 Å². The molecule has 1 N–H and O–H groups in total. The zero-order valence-corrected chi connectivity index (χ0v) is 15.7. The first-order chi connectivity index (χ1) is 13.2. The summed E-state index contributed by atoms with van der Waals surface area (Å²) in [6, 6.07) is 17.0. The van der Waals surface area contributed by atoms with Gasteiger partial charge in [-0.05, 0) is 68.0 Å². The lowest BCUT2D eigenvalue weighted by Gasteiger charge is -2.32. The van der Waals surface area contributed by atoms with E-state index < -0.39 is 5.41 Å². The lowest BCUT2D eigenvalue weighted by molar-refractivity contribution is -0.123. The molecule has 2 fully saturated rings. The topological polar surface area (TPSA) is 32.3 Å². The molecule has 1 amide bonds. The van der Waals surface area contributed by atoms with Gasteiger partial charge in [-0.2, -0.15) is 0 Å². The molecule has 1 aliphatic carbocycles. The van der Waals surface area contributed by atoms with Gasteiger partial charge in [0.1, 0.15) is 5.82 Å². The summed E-state index contributed by atoms with van der Waals surface area (Å²) < 4.78 is 13.2. The second-order valence-corrected chi connectivity index (χ2v) is 8.00. The summed E-state index contributed by atoms with van der Waals surface area (Å²) >= 11 is 0. The second kappa shape index (κ2) is 7.81. The molecule has 0 atom stereocenters. The number of carbonyl (C=O) groups is 1. The number of likely N-dealkylation sites (tertiary alicyclic amines) is 1. The first kappa shape index (κ1) is 18.2. The molecule has 1 saturated carbocycles. The Bertz CT molecular complexity index is 763. The molecular formula is C23H27FN2O. The number of nitrogens with one attached hydrogen (secondary N) is 1. The van der Waals surface area contributed by atoms with Crippen LogP contribution in [0.4, 0.5) is 4.39 Å². The van der Waals surface area contributed by atoms with Gasteiger partial charge in [-0.25, -0.2) is 4.39 Å². The van der Waals surface area contributed by atoms with Crippen LogP contribution in [0.25, 0.3) is 0 Å². The van der Waals surface area contributed by atoms with Gasteiger partial charge in [0, 0.05) is 13.1 Å². The molecule has 1 aliphatic heterocycles. The summed E-state index contributed by atoms with van der Waals surface area (Å²) in [7, 11) is 0. The van der Waals surface area contributed by atoms with Crippen molar-refractivity contribution in [2.24, 2.45) is 5.92 Å². The molecule has 4 rings (SSSR count). The molecule has 142 valence electrons. The van der Waals surface area contributed by atoms with Gasteiger partial charge in [0.2, 0.25) is 5.91 Å². The van der Waals surface area contributed by atoms with Crippen LogP contribution in [0.5, 0.6) is 0 Å². The minimum Gasteiger partial charge on any atom is -0.355 e. The normalized spacial score (nSPS) is 19.6. The summed E-state index contributed by atoms with van der Waals surface area (Å²) in [5.41, 5.74) is 1.89. The van der Waals surface area contributed by atoms with Crippen LogP contribution in [0.1, 0.15) is 36.8 Å². The minimum atomic E-state index is -0.415. The Labute approximate surface area is 160 Å². The van der Waals surface area contributed by atoms with Crippen molar-refractivity contribution in [3.8, 4) is 0 Å². The number of carbonyl (C=O) groups excluding carboxylic acids is 1. The standard InChI is InChI=1S/C23H27FN2O/c24-21-8-6-20(7-9-21)23(12-13-23)22(27)25-16-18-10-14-26(15-11-18)17-19-4-2-1-3-5-19/h1-9,18H,10-17H2,(H,25,27). The van der Waals surface area contributed by atoms with Crippen LogP contribution < -0.4 is 5.32 Å². The molecule has 2 aromatic carbocycles. The molecule has 4 heteroatoms. The molecule has 1 heterocycles. The Kier molecular flexibility index (Phi) is 5.26. The van der Waals surface area contributed by atoms with E-state index in [9.17, 15) is 9.18 Å². The van der Waals surface area contributed by atoms with Gasteiger partial charge < -0.3 is 5.32 Å². The highest BCUT2D eigenvalue weighted by Crippen LogP contribution is 2.48. The van der Waals surface area contributed by atoms with Crippen LogP contribution in [-0.4, -0.2) is 30.4 Å². The van der Waals surface area contributed by atoms with Gasteiger partial charge in [-0.3, -0.25) is 9.69 Å². The molecule has 0 aromatic heterocycles. The Morgan fingerprint density at radius 2 is 1.70 bits per heavy atom. The van der Waals surface area contributed by atoms with Crippen LogP contribution in [0.15, 0.2) is 54.6 Å². The summed E-state index contributed by atoms with van der Waals surface area (Å²) in [6.07, 6.45) is 3.97. The van der Waals surface area contributed by atoms with Crippen molar-refractivity contribution in [1.29, 1.82) is 0 Å². The van der Waals surface area contributed by atoms with Crippen molar-refractivity contribution in [3.05, 3.63) is 71.5 Å². The number of rotatable bonds is 6. The van der Waals surface area contributed by atoms with E-state index in [1.54, 1.807) is 12.1 Å². The maximum atomic E-state index is 13.2. The molecule has 0 radical (unpaired) electrons. The fourth-order valence-corrected chi connectivity index (χ4v) is 4.14. The van der Waals surface area contributed by atoms with Crippen LogP contribution in [-0.2, 0) is 16.8 Å². The molecule has 0 bridgehead atoms. The first-order valence-corrected chi connectivity index (χ1v) is 9.96. The molecule has 1 saturated heterocycles. The van der Waals surface area contributed by atoms with Crippen LogP contribution in [0.2, 0.25) is 0 Å². The lowest BCUT2D eigenvalue weighted by Crippen LogP contribution is -2.41. The molecule has 0 spiro atoms. The van der Waals surface area contributed by atoms with E-state index in [1.807, 2.05) is 0 Å². The van der Waals surface area contributed by atoms with Gasteiger partial charge in [0.15, 0.2) is 0 Å². The zero-order chi connectivity index (χ0) is 18.7. The lowest BCUT2D eigenvalue weighted by atomic mass is 9.93. The SMILES string of the molecule is O=C(NCC1CCN(Cc2ccccc2)CC1)C1(c2ccc(F)cc2)CC1. The van der Waals surface area contributed by atoms with Crippen molar-refractivity contribution in [2.75, 3.05) is 19.6 Å². The molecule has 27 heavy (non-hydrogen) atoms. The quantitative estimate of drug-likeness (QED) is 0.841. The van der Waals surface area contributed by atoms with Gasteiger partial charge in [-0.15, -0.1) is 0 Å². The van der Waals surface area contributed by atoms with Crippen LogP contribution >= 0.6 is 0 Å². The highest BCUT2D eigenvalue weighted by atomic mass is 19.1. The summed E-state index contributed by atoms with van der Waals surface area (Å²) in [6.45, 7) is 3.92. The Morgan fingerprint density at radius 3 is 2.33 bits per heavy atom. The maximum Gasteiger partial charge on any atom is 0.230 e. The average Bonchev–Trinajstić information content (AvgIpc) is 3.51. The smallest absolute Gasteiger partial charge is 0.230 e. The third-order valence-corrected chi connectivity index (χ3v) is 6.09. The predicted molar refractivity (Wildman–Crippen MR) is 105 cm³/mol. The molecule has 0 unspecified atom stereocenters. The van der Waals surface area contributed by atoms with E-state index in [4.69, 9.17) is 0 Å². The van der Waals surface area contributed by atoms with Crippen molar-refractivity contribution in [1.82, 2.24) is 10.2 Å². The molecule has 2 aliphatic rings. The summed E-state index contributed by atoms with van der Waals surface area (Å²) in [5, 5.41) is 3.18. The van der Waals surface area contributed by atoms with E-state index in [0.29, 0.717) is 5.92 Å². The van der Waals surface area contributed by atoms with E-state index in [2.05, 4.69) is 40.5 Å². The maximum absolute atomic E-state index is 13.2. The number of halogens is 1. The van der Waals surface area contributed by atoms with Crippen molar-refractivity contribution >= 4 is 5.91 Å². The zero-order valence-electron chi connectivity index (χ0n) is 15.7. The number of amides is 1. The second-order valence-electron chi connectivity index (χ2n) is 8.00. The fourth-order valence-electron chi connectivity index (χ4n) is 4.14. The van der Waals surface area contributed by atoms with Crippen LogP contribution in [0, 0.1) is 11.7 Å². The molecule has 2 aromatic rings. The van der Waals surface area contributed by atoms with Gasteiger partial charge in [0.25, 0.3) is 0 Å². The van der Waals surface area contributed by atoms with Gasteiger partial charge >= 0.3 is 0 Å². The van der Waals surface area contributed by atoms with E-state index in [1.165, 1.54) is 17.7 Å². The Hall–Kier alpha value is -2.20. The highest BCUT2D eigenvalue weighted by Gasteiger charge is 2.51. The highest BCUT2D eigenvalue weighted by molar-refractivity contribution is 5.91. The van der Waals surface area contributed by atoms with Crippen molar-refractivity contribution in [2.45, 2.75) is 37.6 Å². The monoisotopic (exact) mass is 366 g/mol. The number of hydrogen-bond donors (Lipinski definition) is 1. The van der Waals surface area contributed by atoms with Crippen LogP contribution in [0.3, 0.4) is 0 Å². The summed E-state index contributed by atoms with van der Waals surface area (Å²) in [5.74, 6) is 0.406. The average molecular weight is 366 g/mol. The summed E-state index contributed by atoms with van der Waals surface area (Å²) in [4.78, 5) is 15.2. The number of piperidine rings is 1. The fraction of sp³-hybridized carbons (Fsp3) is 0.435. The number of benzene rings is 2. The largest absolute Gasteiger partial charge is 0.355 e.